The molecule has 0 bridgehead atoms. The molecule has 0 atom stereocenters. The summed E-state index contributed by atoms with van der Waals surface area (Å²) in [5.41, 5.74) is 0. The van der Waals surface area contributed by atoms with Crippen LogP contribution in [-0.4, -0.2) is 19.6 Å². The van der Waals surface area contributed by atoms with Crippen LogP contribution in [-0.2, 0) is 4.79 Å². The average Bonchev–Trinajstić information content (AvgIpc) is 1.35. The van der Waals surface area contributed by atoms with Crippen LogP contribution in [0.3, 0.4) is 0 Å². The monoisotopic (exact) mass is 114 g/mol. The van der Waals surface area contributed by atoms with Gasteiger partial charge in [0.15, 0.2) is 0 Å². The van der Waals surface area contributed by atoms with E-state index in [0.717, 1.165) is 0 Å². The second kappa shape index (κ2) is 6.43. The maximum Gasteiger partial charge on any atom is 1.00 e. The first kappa shape index (κ1) is 10.4. The summed E-state index contributed by atoms with van der Waals surface area (Å²) in [6.45, 7) is -0.0694. The van der Waals surface area contributed by atoms with Crippen LogP contribution in [0.15, 0.2) is 0 Å². The Morgan fingerprint density at radius 3 is 2.29 bits per heavy atom. The molecule has 0 unspecified atom stereocenters. The second-order valence-corrected chi connectivity index (χ2v) is 0.902. The molecule has 0 fully saturated rings. The van der Waals surface area contributed by atoms with Crippen molar-refractivity contribution < 1.29 is 39.5 Å². The van der Waals surface area contributed by atoms with Crippen molar-refractivity contribution >= 4 is 5.97 Å². The molecule has 0 amide bonds. The van der Waals surface area contributed by atoms with E-state index in [9.17, 15) is 9.90 Å². The van der Waals surface area contributed by atoms with Gasteiger partial charge in [0.2, 0.25) is 0 Å². The molecule has 1 N–H and O–H groups in total. The predicted molar refractivity (Wildman–Crippen MR) is 18.9 cm³/mol. The number of nitrogens with one attached hydrogen (secondary N) is 1. The summed E-state index contributed by atoms with van der Waals surface area (Å²) in [6.07, 6.45) is 0. The first-order chi connectivity index (χ1) is 2.77. The number of aliphatic carboxylic acids is 1. The van der Waals surface area contributed by atoms with Crippen LogP contribution in [0, 0.1) is 0 Å². The summed E-state index contributed by atoms with van der Waals surface area (Å²) in [5.74, 6) is -1.07. The molecule has 0 aromatic heterocycles. The van der Waals surface area contributed by atoms with E-state index in [2.05, 4.69) is 5.32 Å². The van der Waals surface area contributed by atoms with E-state index in [1.54, 1.807) is 7.05 Å². The standard InChI is InChI=1S/C3H7NO2.Na/c1-4-2-3(5)6;/h4H,2H2,1H3,(H,5,6);/q;+1/p-1/i1+1,2+1,3+1;. The number of hydrogen-bond acceptors (Lipinski definition) is 3. The van der Waals surface area contributed by atoms with Gasteiger partial charge in [-0.1, -0.05) is 0 Å². The summed E-state index contributed by atoms with van der Waals surface area (Å²) in [6, 6.07) is 0. The topological polar surface area (TPSA) is 52.2 Å². The maximum atomic E-state index is 9.43. The van der Waals surface area contributed by atoms with Gasteiger partial charge >= 0.3 is 29.6 Å². The Bertz CT molecular complexity index is 56.9. The van der Waals surface area contributed by atoms with Crippen molar-refractivity contribution in [1.29, 1.82) is 0 Å². The quantitative estimate of drug-likeness (QED) is 0.289. The molecule has 0 radical (unpaired) electrons. The van der Waals surface area contributed by atoms with Gasteiger partial charge in [0.1, 0.15) is 0 Å². The fraction of sp³-hybridized carbons (Fsp3) is 0.667. The smallest absolute Gasteiger partial charge is 0.549 e. The van der Waals surface area contributed by atoms with E-state index in [1.165, 1.54) is 0 Å². The molecule has 0 spiro atoms. The van der Waals surface area contributed by atoms with Crippen molar-refractivity contribution in [1.82, 2.24) is 5.32 Å². The summed E-state index contributed by atoms with van der Waals surface area (Å²) >= 11 is 0. The van der Waals surface area contributed by atoms with Gasteiger partial charge in [-0.05, 0) is 7.05 Å². The van der Waals surface area contributed by atoms with E-state index in [-0.39, 0.29) is 36.1 Å². The van der Waals surface area contributed by atoms with E-state index in [0.29, 0.717) is 0 Å². The van der Waals surface area contributed by atoms with Crippen molar-refractivity contribution in [3.8, 4) is 0 Å². The molecule has 0 rings (SSSR count). The Balaban J connectivity index is 0. The SMILES string of the molecule is [13CH3]N[13CH2][13C](=O)[O-].[Na+]. The van der Waals surface area contributed by atoms with Gasteiger partial charge in [0.05, 0.1) is 5.97 Å². The van der Waals surface area contributed by atoms with Crippen LogP contribution in [0.1, 0.15) is 0 Å². The van der Waals surface area contributed by atoms with Crippen molar-refractivity contribution in [2.45, 2.75) is 0 Å². The van der Waals surface area contributed by atoms with Crippen LogP contribution in [0.25, 0.3) is 0 Å². The Morgan fingerprint density at radius 2 is 2.29 bits per heavy atom. The molecule has 0 aliphatic rings. The number of likely N-dealkylation sites (N-methyl/N-ethyl adjacent to an activating group) is 1. The minimum Gasteiger partial charge on any atom is -0.549 e. The molecular weight excluding hydrogens is 108 g/mol. The minimum absolute atomic E-state index is 0. The van der Waals surface area contributed by atoms with Crippen LogP contribution >= 0.6 is 0 Å². The molecule has 36 valence electrons. The van der Waals surface area contributed by atoms with Gasteiger partial charge < -0.3 is 15.2 Å². The molecule has 0 aliphatic carbocycles. The molecular formula is C3H6NNaO2. The van der Waals surface area contributed by atoms with Gasteiger partial charge in [-0.25, -0.2) is 0 Å². The van der Waals surface area contributed by atoms with E-state index < -0.39 is 5.97 Å². The van der Waals surface area contributed by atoms with E-state index in [1.807, 2.05) is 0 Å². The third-order valence-corrected chi connectivity index (χ3v) is 0.321. The summed E-state index contributed by atoms with van der Waals surface area (Å²) in [7, 11) is 1.55. The number of rotatable bonds is 2. The molecule has 3 nitrogen and oxygen atoms in total. The number of carboxylic acid groups (broad SMARTS) is 1. The van der Waals surface area contributed by atoms with Crippen molar-refractivity contribution in [3.63, 3.8) is 0 Å². The first-order valence-corrected chi connectivity index (χ1v) is 1.62. The average molecular weight is 114 g/mol. The number of hydrogen-bond donors (Lipinski definition) is 1. The van der Waals surface area contributed by atoms with Crippen molar-refractivity contribution in [2.24, 2.45) is 0 Å². The fourth-order valence-corrected chi connectivity index (χ4v) is 0.144. The Morgan fingerprint density at radius 1 is 1.86 bits per heavy atom. The molecule has 0 saturated heterocycles. The Labute approximate surface area is 64.4 Å². The van der Waals surface area contributed by atoms with Gasteiger partial charge in [0.25, 0.3) is 0 Å². The van der Waals surface area contributed by atoms with Crippen LogP contribution in [0.4, 0.5) is 0 Å². The molecule has 0 aromatic rings. The molecule has 0 saturated carbocycles. The second-order valence-electron chi connectivity index (χ2n) is 0.902. The van der Waals surface area contributed by atoms with Crippen LogP contribution in [0.2, 0.25) is 0 Å². The summed E-state index contributed by atoms with van der Waals surface area (Å²) < 4.78 is 0. The molecule has 0 aromatic carbocycles. The van der Waals surface area contributed by atoms with Crippen molar-refractivity contribution in [3.05, 3.63) is 0 Å². The zero-order valence-corrected chi connectivity index (χ0v) is 6.52. The fourth-order valence-electron chi connectivity index (χ4n) is 0.144. The molecule has 4 heteroatoms. The Hall–Kier alpha value is 0.430. The first-order valence-electron chi connectivity index (χ1n) is 1.62. The third kappa shape index (κ3) is 10.7. The third-order valence-electron chi connectivity index (χ3n) is 0.321. The van der Waals surface area contributed by atoms with Gasteiger partial charge in [-0.2, -0.15) is 0 Å². The number of carbonyl (C=O) groups excluding carboxylic acids is 1. The summed E-state index contributed by atoms with van der Waals surface area (Å²) in [5, 5.41) is 11.8. The van der Waals surface area contributed by atoms with Gasteiger partial charge in [0, 0.05) is 6.54 Å². The normalized spacial score (nSPS) is 7.00. The minimum atomic E-state index is -1.07. The van der Waals surface area contributed by atoms with Crippen molar-refractivity contribution in [2.75, 3.05) is 13.6 Å². The van der Waals surface area contributed by atoms with Gasteiger partial charge in [-0.3, -0.25) is 0 Å². The van der Waals surface area contributed by atoms with Gasteiger partial charge in [-0.15, -0.1) is 0 Å². The maximum absolute atomic E-state index is 9.43. The largest absolute Gasteiger partial charge is 1.00 e. The zero-order chi connectivity index (χ0) is 4.99. The summed E-state index contributed by atoms with van der Waals surface area (Å²) in [4.78, 5) is 9.43. The molecule has 7 heavy (non-hydrogen) atoms. The van der Waals surface area contributed by atoms with Crippen LogP contribution < -0.4 is 40.0 Å². The molecule has 0 aliphatic heterocycles. The van der Waals surface area contributed by atoms with Crippen LogP contribution in [0.5, 0.6) is 0 Å². The predicted octanol–water partition coefficient (Wildman–Crippen LogP) is -5.04. The van der Waals surface area contributed by atoms with E-state index >= 15 is 0 Å². The number of carboxylic acids is 1. The molecule has 0 heterocycles. The van der Waals surface area contributed by atoms with E-state index in [4.69, 9.17) is 0 Å². The zero-order valence-electron chi connectivity index (χ0n) is 4.52. The number of carbonyl (C=O) groups is 1. The Kier molecular flexibility index (Phi) is 9.57.